The molecule has 2 heteroatoms. The number of hydrogen-bond acceptors (Lipinski definition) is 2. The highest BCUT2D eigenvalue weighted by Crippen LogP contribution is 2.29. The Kier molecular flexibility index (Phi) is 2.00. The van der Waals surface area contributed by atoms with Gasteiger partial charge in [0.05, 0.1) is 10.2 Å². The third-order valence-electron chi connectivity index (χ3n) is 2.25. The molecule has 1 aromatic heterocycles. The van der Waals surface area contributed by atoms with Crippen molar-refractivity contribution in [2.45, 2.75) is 0 Å². The van der Waals surface area contributed by atoms with E-state index >= 15 is 0 Å². The summed E-state index contributed by atoms with van der Waals surface area (Å²) in [5.74, 6) is 0. The summed E-state index contributed by atoms with van der Waals surface area (Å²) >= 11 is 1.72. The van der Waals surface area contributed by atoms with E-state index in [4.69, 9.17) is 0 Å². The predicted octanol–water partition coefficient (Wildman–Crippen LogP) is 3.76. The minimum Gasteiger partial charge on any atom is -0.236 e. The van der Waals surface area contributed by atoms with Crippen molar-refractivity contribution in [2.24, 2.45) is 0 Å². The first-order valence-corrected chi connectivity index (χ1v) is 5.57. The highest BCUT2D eigenvalue weighted by Gasteiger charge is 2.04. The first-order chi connectivity index (χ1) is 7.43. The van der Waals surface area contributed by atoms with Gasteiger partial charge in [0.15, 0.2) is 0 Å². The molecule has 3 aromatic rings. The lowest BCUT2D eigenvalue weighted by atomic mass is 10.2. The summed E-state index contributed by atoms with van der Waals surface area (Å²) < 4.78 is 1.22. The van der Waals surface area contributed by atoms with Crippen LogP contribution in [0.5, 0.6) is 0 Å². The van der Waals surface area contributed by atoms with E-state index in [2.05, 4.69) is 29.2 Å². The first kappa shape index (κ1) is 8.62. The normalized spacial score (nSPS) is 10.7. The Bertz CT molecular complexity index is 551. The zero-order chi connectivity index (χ0) is 10.1. The molecule has 71 valence electrons. The van der Waals surface area contributed by atoms with Crippen LogP contribution in [0.15, 0.2) is 48.5 Å². The summed E-state index contributed by atoms with van der Waals surface area (Å²) in [5.41, 5.74) is 2.21. The molecule has 2 aromatic carbocycles. The Morgan fingerprint density at radius 1 is 1.07 bits per heavy atom. The van der Waals surface area contributed by atoms with Gasteiger partial charge in [-0.1, -0.05) is 36.4 Å². The van der Waals surface area contributed by atoms with E-state index in [1.807, 2.05) is 30.3 Å². The Hall–Kier alpha value is -1.67. The Balaban J connectivity index is 2.21. The SMILES string of the molecule is [c]1ccc2sc(-c3ccccc3)nc2c1. The van der Waals surface area contributed by atoms with Gasteiger partial charge in [-0.3, -0.25) is 0 Å². The van der Waals surface area contributed by atoms with Crippen molar-refractivity contribution in [1.29, 1.82) is 0 Å². The van der Waals surface area contributed by atoms with Gasteiger partial charge in [0.1, 0.15) is 5.01 Å². The van der Waals surface area contributed by atoms with Crippen LogP contribution in [-0.4, -0.2) is 4.98 Å². The van der Waals surface area contributed by atoms with E-state index in [1.165, 1.54) is 10.3 Å². The molecule has 0 saturated carbocycles. The van der Waals surface area contributed by atoms with Crippen molar-refractivity contribution in [1.82, 2.24) is 4.98 Å². The summed E-state index contributed by atoms with van der Waals surface area (Å²) in [4.78, 5) is 4.57. The van der Waals surface area contributed by atoms with Crippen LogP contribution in [0, 0.1) is 6.07 Å². The number of thiazole rings is 1. The molecular formula is C13H8NS. The van der Waals surface area contributed by atoms with Crippen LogP contribution in [0.2, 0.25) is 0 Å². The van der Waals surface area contributed by atoms with E-state index in [1.54, 1.807) is 11.3 Å². The first-order valence-electron chi connectivity index (χ1n) is 4.75. The van der Waals surface area contributed by atoms with E-state index in [0.717, 1.165) is 10.5 Å². The standard InChI is InChI=1S/C13H8NS/c1-2-6-10(7-3-1)13-14-11-8-4-5-9-12(11)15-13/h1-3,5-9H. The second-order valence-corrected chi connectivity index (χ2v) is 4.31. The van der Waals surface area contributed by atoms with Crippen LogP contribution in [0.25, 0.3) is 20.8 Å². The highest BCUT2D eigenvalue weighted by atomic mass is 32.1. The van der Waals surface area contributed by atoms with Gasteiger partial charge in [0.25, 0.3) is 0 Å². The van der Waals surface area contributed by atoms with Crippen molar-refractivity contribution < 1.29 is 0 Å². The summed E-state index contributed by atoms with van der Waals surface area (Å²) in [6.07, 6.45) is 0. The fourth-order valence-electron chi connectivity index (χ4n) is 1.52. The molecule has 1 heterocycles. The summed E-state index contributed by atoms with van der Waals surface area (Å²) in [5, 5.41) is 1.07. The smallest absolute Gasteiger partial charge is 0.124 e. The van der Waals surface area contributed by atoms with E-state index in [0.29, 0.717) is 0 Å². The largest absolute Gasteiger partial charge is 0.236 e. The topological polar surface area (TPSA) is 12.9 Å². The Morgan fingerprint density at radius 2 is 1.93 bits per heavy atom. The maximum atomic E-state index is 4.57. The van der Waals surface area contributed by atoms with E-state index in [-0.39, 0.29) is 0 Å². The van der Waals surface area contributed by atoms with Crippen LogP contribution >= 0.6 is 11.3 Å². The second kappa shape index (κ2) is 3.48. The van der Waals surface area contributed by atoms with Gasteiger partial charge in [-0.25, -0.2) is 4.98 Å². The molecule has 0 N–H and O–H groups in total. The zero-order valence-electron chi connectivity index (χ0n) is 7.97. The van der Waals surface area contributed by atoms with Crippen molar-refractivity contribution >= 4 is 21.6 Å². The number of aromatic nitrogens is 1. The van der Waals surface area contributed by atoms with E-state index in [9.17, 15) is 0 Å². The lowest BCUT2D eigenvalue weighted by Crippen LogP contribution is -1.73. The molecular weight excluding hydrogens is 202 g/mol. The lowest BCUT2D eigenvalue weighted by molar-refractivity contribution is 1.48. The maximum Gasteiger partial charge on any atom is 0.124 e. The predicted molar refractivity (Wildman–Crippen MR) is 63.9 cm³/mol. The highest BCUT2D eigenvalue weighted by molar-refractivity contribution is 7.21. The zero-order valence-corrected chi connectivity index (χ0v) is 8.79. The fraction of sp³-hybridized carbons (Fsp3) is 0. The molecule has 1 radical (unpaired) electrons. The van der Waals surface area contributed by atoms with E-state index < -0.39 is 0 Å². The average Bonchev–Trinajstić information content (AvgIpc) is 2.74. The summed E-state index contributed by atoms with van der Waals surface area (Å²) in [6.45, 7) is 0. The van der Waals surface area contributed by atoms with Crippen molar-refractivity contribution in [2.75, 3.05) is 0 Å². The van der Waals surface area contributed by atoms with Crippen molar-refractivity contribution in [3.8, 4) is 10.6 Å². The molecule has 0 bridgehead atoms. The summed E-state index contributed by atoms with van der Waals surface area (Å²) in [6, 6.07) is 19.2. The third kappa shape index (κ3) is 1.53. The molecule has 15 heavy (non-hydrogen) atoms. The number of benzene rings is 2. The van der Waals surface area contributed by atoms with Crippen molar-refractivity contribution in [3.63, 3.8) is 0 Å². The summed E-state index contributed by atoms with van der Waals surface area (Å²) in [7, 11) is 0. The van der Waals surface area contributed by atoms with Crippen molar-refractivity contribution in [3.05, 3.63) is 54.6 Å². The minimum atomic E-state index is 1.03. The molecule has 0 aliphatic carbocycles. The molecule has 0 amide bonds. The Morgan fingerprint density at radius 3 is 2.73 bits per heavy atom. The quantitative estimate of drug-likeness (QED) is 0.596. The van der Waals surface area contributed by atoms with Gasteiger partial charge in [-0.05, 0) is 18.2 Å². The van der Waals surface area contributed by atoms with Gasteiger partial charge in [0, 0.05) is 5.56 Å². The lowest BCUT2D eigenvalue weighted by Gasteiger charge is -1.92. The number of hydrogen-bond donors (Lipinski definition) is 0. The number of nitrogens with zero attached hydrogens (tertiary/aromatic N) is 1. The average molecular weight is 210 g/mol. The minimum absolute atomic E-state index is 1.03. The van der Waals surface area contributed by atoms with Gasteiger partial charge in [-0.2, -0.15) is 0 Å². The monoisotopic (exact) mass is 210 g/mol. The van der Waals surface area contributed by atoms with Crippen LogP contribution in [0.3, 0.4) is 0 Å². The van der Waals surface area contributed by atoms with Gasteiger partial charge in [0.2, 0.25) is 0 Å². The molecule has 0 aliphatic rings. The number of fused-ring (bicyclic) bond motifs is 1. The Labute approximate surface area is 92.0 Å². The maximum absolute atomic E-state index is 4.57. The van der Waals surface area contributed by atoms with Crippen LogP contribution in [-0.2, 0) is 0 Å². The molecule has 0 saturated heterocycles. The van der Waals surface area contributed by atoms with Crippen LogP contribution in [0.4, 0.5) is 0 Å². The molecule has 1 nitrogen and oxygen atoms in total. The second-order valence-electron chi connectivity index (χ2n) is 3.28. The third-order valence-corrected chi connectivity index (χ3v) is 3.34. The van der Waals surface area contributed by atoms with Gasteiger partial charge < -0.3 is 0 Å². The fourth-order valence-corrected chi connectivity index (χ4v) is 2.47. The molecule has 0 aliphatic heterocycles. The van der Waals surface area contributed by atoms with Gasteiger partial charge >= 0.3 is 0 Å². The van der Waals surface area contributed by atoms with Crippen LogP contribution < -0.4 is 0 Å². The molecule has 0 spiro atoms. The molecule has 0 unspecified atom stereocenters. The molecule has 3 rings (SSSR count). The molecule has 0 atom stereocenters. The number of rotatable bonds is 1. The van der Waals surface area contributed by atoms with Gasteiger partial charge in [-0.15, -0.1) is 11.3 Å². The molecule has 0 fully saturated rings. The van der Waals surface area contributed by atoms with Crippen LogP contribution in [0.1, 0.15) is 0 Å².